The number of rotatable bonds is 12. The summed E-state index contributed by atoms with van der Waals surface area (Å²) >= 11 is 0. The highest BCUT2D eigenvalue weighted by atomic mass is 16.7. The average molecular weight is 418 g/mol. The zero-order chi connectivity index (χ0) is 21.8. The lowest BCUT2D eigenvalue weighted by Gasteiger charge is -2.43. The van der Waals surface area contributed by atoms with Crippen LogP contribution in [0.15, 0.2) is 0 Å². The van der Waals surface area contributed by atoms with Crippen molar-refractivity contribution in [1.29, 1.82) is 0 Å². The van der Waals surface area contributed by atoms with E-state index in [-0.39, 0.29) is 0 Å². The molecule has 1 rings (SSSR count). The molecule has 1 heterocycles. The number of ether oxygens (including phenoxy) is 5. The summed E-state index contributed by atoms with van der Waals surface area (Å²) in [6, 6.07) is 0. The zero-order valence-corrected chi connectivity index (χ0v) is 17.8. The predicted molar refractivity (Wildman–Crippen MR) is 102 cm³/mol. The minimum Gasteiger partial charge on any atom is -0.456 e. The molecule has 0 spiro atoms. The fraction of sp³-hybridized carbons (Fsp3) is 0.850. The van der Waals surface area contributed by atoms with Crippen molar-refractivity contribution in [3.8, 4) is 0 Å². The van der Waals surface area contributed by atoms with Gasteiger partial charge in [0.25, 0.3) is 0 Å². The third-order valence-electron chi connectivity index (χ3n) is 4.46. The number of aliphatic hydroxyl groups is 1. The molecule has 29 heavy (non-hydrogen) atoms. The molecule has 9 nitrogen and oxygen atoms in total. The van der Waals surface area contributed by atoms with Crippen LogP contribution in [0, 0.1) is 0 Å². The first-order chi connectivity index (χ1) is 13.8. The van der Waals surface area contributed by atoms with E-state index in [0.717, 1.165) is 25.7 Å². The molecule has 1 fully saturated rings. The second-order valence-corrected chi connectivity index (χ2v) is 7.09. The van der Waals surface area contributed by atoms with Crippen LogP contribution in [0.3, 0.4) is 0 Å². The number of hydrogen-bond acceptors (Lipinski definition) is 9. The largest absolute Gasteiger partial charge is 0.456 e. The number of esters is 3. The number of carbonyl (C=O) groups excluding carboxylic acids is 3. The van der Waals surface area contributed by atoms with Crippen molar-refractivity contribution in [3.63, 3.8) is 0 Å². The summed E-state index contributed by atoms with van der Waals surface area (Å²) < 4.78 is 27.2. The van der Waals surface area contributed by atoms with Crippen molar-refractivity contribution < 1.29 is 43.2 Å². The van der Waals surface area contributed by atoms with Gasteiger partial charge in [-0.15, -0.1) is 0 Å². The number of carbonyl (C=O) groups is 3. The highest BCUT2D eigenvalue weighted by molar-refractivity contribution is 5.68. The number of aliphatic hydroxyl groups excluding tert-OH is 1. The number of hydrogen-bond donors (Lipinski definition) is 1. The van der Waals surface area contributed by atoms with Gasteiger partial charge in [0, 0.05) is 27.4 Å². The van der Waals surface area contributed by atoms with Crippen LogP contribution in [0.4, 0.5) is 0 Å². The summed E-state index contributed by atoms with van der Waals surface area (Å²) in [6.07, 6.45) is 0.888. The van der Waals surface area contributed by atoms with Gasteiger partial charge in [-0.3, -0.25) is 14.4 Å². The maximum atomic E-state index is 11.6. The Morgan fingerprint density at radius 2 is 1.31 bits per heavy atom. The predicted octanol–water partition coefficient (Wildman–Crippen LogP) is 1.88. The van der Waals surface area contributed by atoms with E-state index < -0.39 is 55.2 Å². The Kier molecular flexibility index (Phi) is 11.8. The standard InChI is InChI=1S/C20H34O9/c1-5-6-7-8-9-10-11-25-20-19(28-15(4)24)18(27-14(3)23)17(26-13(2)22)16(12-21)29-20/h16-21H,5-12H2,1-4H3/t16-,17-,18+,19-,20-/m1/s1. The van der Waals surface area contributed by atoms with E-state index in [1.165, 1.54) is 33.6 Å². The molecule has 0 radical (unpaired) electrons. The van der Waals surface area contributed by atoms with E-state index in [2.05, 4.69) is 6.92 Å². The van der Waals surface area contributed by atoms with Gasteiger partial charge in [0.15, 0.2) is 24.6 Å². The van der Waals surface area contributed by atoms with Gasteiger partial charge in [-0.2, -0.15) is 0 Å². The molecule has 0 unspecified atom stereocenters. The Labute approximate surface area is 172 Å². The molecule has 9 heteroatoms. The van der Waals surface area contributed by atoms with Crippen molar-refractivity contribution in [2.24, 2.45) is 0 Å². The van der Waals surface area contributed by atoms with E-state index in [0.29, 0.717) is 6.61 Å². The van der Waals surface area contributed by atoms with Crippen LogP contribution in [0.1, 0.15) is 66.2 Å². The van der Waals surface area contributed by atoms with Crippen molar-refractivity contribution >= 4 is 17.9 Å². The second kappa shape index (κ2) is 13.5. The quantitative estimate of drug-likeness (QED) is 0.288. The Hall–Kier alpha value is -1.71. The Morgan fingerprint density at radius 1 is 0.793 bits per heavy atom. The first-order valence-corrected chi connectivity index (χ1v) is 10.2. The lowest BCUT2D eigenvalue weighted by atomic mass is 9.98. The van der Waals surface area contributed by atoms with Crippen LogP contribution in [-0.2, 0) is 38.1 Å². The van der Waals surface area contributed by atoms with Crippen LogP contribution in [0.5, 0.6) is 0 Å². The van der Waals surface area contributed by atoms with Gasteiger partial charge in [-0.25, -0.2) is 0 Å². The molecule has 1 aliphatic rings. The van der Waals surface area contributed by atoms with Gasteiger partial charge in [0.2, 0.25) is 0 Å². The molecule has 5 atom stereocenters. The molecule has 0 bridgehead atoms. The molecule has 1 saturated heterocycles. The molecular formula is C20H34O9. The van der Waals surface area contributed by atoms with Crippen LogP contribution in [-0.4, -0.2) is 66.9 Å². The first-order valence-electron chi connectivity index (χ1n) is 10.2. The van der Waals surface area contributed by atoms with Gasteiger partial charge in [0.1, 0.15) is 6.10 Å². The number of unbranched alkanes of at least 4 members (excludes halogenated alkanes) is 5. The summed E-state index contributed by atoms with van der Waals surface area (Å²) in [4.78, 5) is 34.7. The van der Waals surface area contributed by atoms with Crippen molar-refractivity contribution in [2.75, 3.05) is 13.2 Å². The van der Waals surface area contributed by atoms with Crippen LogP contribution >= 0.6 is 0 Å². The van der Waals surface area contributed by atoms with Crippen molar-refractivity contribution in [1.82, 2.24) is 0 Å². The highest BCUT2D eigenvalue weighted by Crippen LogP contribution is 2.29. The molecule has 1 N–H and O–H groups in total. The van der Waals surface area contributed by atoms with Gasteiger partial charge in [-0.1, -0.05) is 39.0 Å². The SMILES string of the molecule is CCCCCCCCO[C@@H]1O[C@H](CO)[C@@H](OC(C)=O)[C@H](OC(C)=O)[C@H]1OC(C)=O. The summed E-state index contributed by atoms with van der Waals surface area (Å²) in [5, 5.41) is 9.68. The van der Waals surface area contributed by atoms with E-state index in [9.17, 15) is 19.5 Å². The third-order valence-corrected chi connectivity index (χ3v) is 4.46. The summed E-state index contributed by atoms with van der Waals surface area (Å²) in [5.41, 5.74) is 0. The summed E-state index contributed by atoms with van der Waals surface area (Å²) in [5.74, 6) is -1.94. The Balaban J connectivity index is 2.87. The molecule has 0 aliphatic carbocycles. The smallest absolute Gasteiger partial charge is 0.303 e. The molecule has 0 amide bonds. The fourth-order valence-corrected chi connectivity index (χ4v) is 3.22. The van der Waals surface area contributed by atoms with Crippen LogP contribution < -0.4 is 0 Å². The lowest BCUT2D eigenvalue weighted by molar-refractivity contribution is -0.307. The maximum Gasteiger partial charge on any atom is 0.303 e. The van der Waals surface area contributed by atoms with E-state index in [1.54, 1.807) is 0 Å². The third kappa shape index (κ3) is 9.10. The topological polar surface area (TPSA) is 118 Å². The molecular weight excluding hydrogens is 384 g/mol. The van der Waals surface area contributed by atoms with Crippen LogP contribution in [0.25, 0.3) is 0 Å². The van der Waals surface area contributed by atoms with Gasteiger partial charge < -0.3 is 28.8 Å². The molecule has 0 aromatic carbocycles. The van der Waals surface area contributed by atoms with E-state index in [4.69, 9.17) is 23.7 Å². The highest BCUT2D eigenvalue weighted by Gasteiger charge is 2.52. The monoisotopic (exact) mass is 418 g/mol. The maximum absolute atomic E-state index is 11.6. The summed E-state index contributed by atoms with van der Waals surface area (Å²) in [6.45, 7) is 5.57. The Bertz CT molecular complexity index is 522. The van der Waals surface area contributed by atoms with Gasteiger partial charge in [-0.05, 0) is 6.42 Å². The fourth-order valence-electron chi connectivity index (χ4n) is 3.22. The molecule has 0 aromatic rings. The molecule has 168 valence electrons. The lowest BCUT2D eigenvalue weighted by Crippen LogP contribution is -2.62. The molecule has 0 saturated carbocycles. The molecule has 0 aromatic heterocycles. The Morgan fingerprint density at radius 3 is 1.86 bits per heavy atom. The minimum absolute atomic E-state index is 0.345. The minimum atomic E-state index is -1.17. The zero-order valence-electron chi connectivity index (χ0n) is 17.8. The van der Waals surface area contributed by atoms with E-state index >= 15 is 0 Å². The second-order valence-electron chi connectivity index (χ2n) is 7.09. The van der Waals surface area contributed by atoms with Crippen molar-refractivity contribution in [2.45, 2.75) is 96.9 Å². The van der Waals surface area contributed by atoms with Gasteiger partial charge in [0.05, 0.1) is 6.61 Å². The normalized spacial score (nSPS) is 26.6. The van der Waals surface area contributed by atoms with Crippen molar-refractivity contribution in [3.05, 3.63) is 0 Å². The van der Waals surface area contributed by atoms with Gasteiger partial charge >= 0.3 is 17.9 Å². The molecule has 1 aliphatic heterocycles. The average Bonchev–Trinajstić information content (AvgIpc) is 2.63. The van der Waals surface area contributed by atoms with E-state index in [1.807, 2.05) is 0 Å². The first kappa shape index (κ1) is 25.3. The summed E-state index contributed by atoms with van der Waals surface area (Å²) in [7, 11) is 0. The van der Waals surface area contributed by atoms with Crippen LogP contribution in [0.2, 0.25) is 0 Å².